The molecule has 0 radical (unpaired) electrons. The molecule has 4 heteroatoms. The molecular formula is C12H15BrClNO. The molecule has 1 fully saturated rings. The molecule has 2 heterocycles. The van der Waals surface area contributed by atoms with Gasteiger partial charge < -0.3 is 4.74 Å². The van der Waals surface area contributed by atoms with Gasteiger partial charge in [0.25, 0.3) is 0 Å². The number of hydrogen-bond acceptors (Lipinski definition) is 2. The van der Waals surface area contributed by atoms with Gasteiger partial charge in [-0.2, -0.15) is 0 Å². The summed E-state index contributed by atoms with van der Waals surface area (Å²) in [5, 5.41) is 1.70. The maximum absolute atomic E-state index is 6.15. The van der Waals surface area contributed by atoms with E-state index in [2.05, 4.69) is 27.8 Å². The molecule has 88 valence electrons. The predicted molar refractivity (Wildman–Crippen MR) is 69.2 cm³/mol. The van der Waals surface area contributed by atoms with E-state index in [0.717, 1.165) is 35.4 Å². The van der Waals surface area contributed by atoms with Gasteiger partial charge in [0.15, 0.2) is 0 Å². The average Bonchev–Trinajstić information content (AvgIpc) is 2.64. The van der Waals surface area contributed by atoms with E-state index in [4.69, 9.17) is 16.3 Å². The lowest BCUT2D eigenvalue weighted by Gasteiger charge is -2.30. The van der Waals surface area contributed by atoms with Crippen LogP contribution in [0.1, 0.15) is 18.9 Å². The van der Waals surface area contributed by atoms with Crippen LogP contribution in [0.15, 0.2) is 18.5 Å². The van der Waals surface area contributed by atoms with Crippen molar-refractivity contribution in [2.24, 2.45) is 5.41 Å². The molecule has 0 N–H and O–H groups in total. The normalized spacial score (nSPS) is 29.6. The van der Waals surface area contributed by atoms with Crippen molar-refractivity contribution in [3.05, 3.63) is 29.0 Å². The highest BCUT2D eigenvalue weighted by Gasteiger charge is 2.40. The second-order valence-corrected chi connectivity index (χ2v) is 5.37. The Morgan fingerprint density at radius 3 is 3.06 bits per heavy atom. The summed E-state index contributed by atoms with van der Waals surface area (Å²) < 4.78 is 5.68. The molecule has 0 amide bonds. The molecule has 1 aromatic heterocycles. The molecule has 2 unspecified atom stereocenters. The van der Waals surface area contributed by atoms with Crippen LogP contribution < -0.4 is 0 Å². The lowest BCUT2D eigenvalue weighted by Crippen LogP contribution is -2.33. The van der Waals surface area contributed by atoms with Gasteiger partial charge in [0, 0.05) is 29.7 Å². The highest BCUT2D eigenvalue weighted by molar-refractivity contribution is 9.09. The van der Waals surface area contributed by atoms with Crippen LogP contribution in [0.2, 0.25) is 5.02 Å². The molecule has 0 spiro atoms. The molecule has 1 aliphatic rings. The van der Waals surface area contributed by atoms with Crippen LogP contribution in [0.5, 0.6) is 0 Å². The van der Waals surface area contributed by atoms with Gasteiger partial charge in [-0.1, -0.05) is 27.5 Å². The summed E-state index contributed by atoms with van der Waals surface area (Å²) >= 11 is 9.77. The first-order valence-corrected chi connectivity index (χ1v) is 6.94. The molecule has 0 saturated carbocycles. The molecule has 0 bridgehead atoms. The molecule has 1 saturated heterocycles. The maximum Gasteiger partial charge on any atom is 0.0621 e. The monoisotopic (exact) mass is 303 g/mol. The fraction of sp³-hybridized carbons (Fsp3) is 0.583. The van der Waals surface area contributed by atoms with Gasteiger partial charge in [0.2, 0.25) is 0 Å². The first kappa shape index (κ1) is 12.3. The molecular weight excluding hydrogens is 289 g/mol. The van der Waals surface area contributed by atoms with Crippen molar-refractivity contribution in [3.8, 4) is 0 Å². The van der Waals surface area contributed by atoms with Gasteiger partial charge in [-0.25, -0.2) is 0 Å². The Morgan fingerprint density at radius 1 is 1.69 bits per heavy atom. The van der Waals surface area contributed by atoms with E-state index >= 15 is 0 Å². The third-order valence-corrected chi connectivity index (χ3v) is 4.95. The van der Waals surface area contributed by atoms with E-state index in [0.29, 0.717) is 0 Å². The highest BCUT2D eigenvalue weighted by atomic mass is 79.9. The Bertz CT molecular complexity index is 374. The first-order chi connectivity index (χ1) is 7.68. The number of aromatic nitrogens is 1. The Morgan fingerprint density at radius 2 is 2.50 bits per heavy atom. The summed E-state index contributed by atoms with van der Waals surface area (Å²) in [6.07, 6.45) is 5.80. The Balaban J connectivity index is 2.22. The fourth-order valence-electron chi connectivity index (χ4n) is 2.20. The zero-order valence-electron chi connectivity index (χ0n) is 9.25. The molecule has 0 aromatic carbocycles. The summed E-state index contributed by atoms with van der Waals surface area (Å²) in [6, 6.07) is 2.00. The third-order valence-electron chi connectivity index (χ3n) is 3.50. The molecule has 2 nitrogen and oxygen atoms in total. The lowest BCUT2D eigenvalue weighted by molar-refractivity contribution is 0.0746. The van der Waals surface area contributed by atoms with Crippen molar-refractivity contribution in [3.63, 3.8) is 0 Å². The molecule has 2 atom stereocenters. The topological polar surface area (TPSA) is 22.1 Å². The number of rotatable bonds is 3. The average molecular weight is 305 g/mol. The second kappa shape index (κ2) is 5.03. The van der Waals surface area contributed by atoms with Crippen LogP contribution in [0.3, 0.4) is 0 Å². The van der Waals surface area contributed by atoms with Crippen molar-refractivity contribution in [1.29, 1.82) is 0 Å². The number of pyridine rings is 1. The van der Waals surface area contributed by atoms with Crippen molar-refractivity contribution >= 4 is 27.5 Å². The van der Waals surface area contributed by atoms with Crippen LogP contribution in [0.25, 0.3) is 0 Å². The maximum atomic E-state index is 6.15. The van der Waals surface area contributed by atoms with Crippen molar-refractivity contribution in [1.82, 2.24) is 4.98 Å². The van der Waals surface area contributed by atoms with E-state index in [1.165, 1.54) is 0 Å². The standard InChI is InChI=1S/C12H15BrClNO/c1-9-12(8-13,3-5-16-9)6-10-2-4-15-7-11(10)14/h2,4,7,9H,3,5-6,8H2,1H3. The summed E-state index contributed by atoms with van der Waals surface area (Å²) in [7, 11) is 0. The molecule has 16 heavy (non-hydrogen) atoms. The summed E-state index contributed by atoms with van der Waals surface area (Å²) in [5.74, 6) is 0. The van der Waals surface area contributed by atoms with Crippen LogP contribution in [-0.4, -0.2) is 23.0 Å². The minimum atomic E-state index is 0.172. The second-order valence-electron chi connectivity index (χ2n) is 4.40. The Labute approximate surface area is 109 Å². The van der Waals surface area contributed by atoms with Crippen LogP contribution in [0.4, 0.5) is 0 Å². The van der Waals surface area contributed by atoms with Gasteiger partial charge in [0.1, 0.15) is 0 Å². The van der Waals surface area contributed by atoms with Crippen LogP contribution >= 0.6 is 27.5 Å². The number of ether oxygens (including phenoxy) is 1. The Hall–Kier alpha value is -0.120. The van der Waals surface area contributed by atoms with Crippen molar-refractivity contribution < 1.29 is 4.74 Å². The number of halogens is 2. The van der Waals surface area contributed by atoms with E-state index in [-0.39, 0.29) is 11.5 Å². The summed E-state index contributed by atoms with van der Waals surface area (Å²) in [6.45, 7) is 2.98. The quantitative estimate of drug-likeness (QED) is 0.798. The summed E-state index contributed by atoms with van der Waals surface area (Å²) in [5.41, 5.74) is 1.33. The smallest absolute Gasteiger partial charge is 0.0621 e. The van der Waals surface area contributed by atoms with Gasteiger partial charge in [-0.3, -0.25) is 4.98 Å². The van der Waals surface area contributed by atoms with E-state index in [1.807, 2.05) is 6.07 Å². The molecule has 1 aliphatic heterocycles. The van der Waals surface area contributed by atoms with Crippen molar-refractivity contribution in [2.45, 2.75) is 25.9 Å². The fourth-order valence-corrected chi connectivity index (χ4v) is 3.32. The number of nitrogens with zero attached hydrogens (tertiary/aromatic N) is 1. The predicted octanol–water partition coefficient (Wildman–Crippen LogP) is 3.47. The Kier molecular flexibility index (Phi) is 3.88. The van der Waals surface area contributed by atoms with E-state index < -0.39 is 0 Å². The van der Waals surface area contributed by atoms with E-state index in [1.54, 1.807) is 12.4 Å². The van der Waals surface area contributed by atoms with Gasteiger partial charge in [-0.15, -0.1) is 0 Å². The highest BCUT2D eigenvalue weighted by Crippen LogP contribution is 2.40. The van der Waals surface area contributed by atoms with Gasteiger partial charge >= 0.3 is 0 Å². The minimum Gasteiger partial charge on any atom is -0.378 e. The number of alkyl halides is 1. The van der Waals surface area contributed by atoms with Crippen molar-refractivity contribution in [2.75, 3.05) is 11.9 Å². The van der Waals surface area contributed by atoms with Gasteiger partial charge in [-0.05, 0) is 31.4 Å². The zero-order valence-corrected chi connectivity index (χ0v) is 11.6. The molecule has 1 aromatic rings. The van der Waals surface area contributed by atoms with Crippen LogP contribution in [-0.2, 0) is 11.2 Å². The number of hydrogen-bond donors (Lipinski definition) is 0. The lowest BCUT2D eigenvalue weighted by atomic mass is 9.78. The van der Waals surface area contributed by atoms with Crippen LogP contribution in [0, 0.1) is 5.41 Å². The first-order valence-electron chi connectivity index (χ1n) is 5.44. The zero-order chi connectivity index (χ0) is 11.6. The molecule has 0 aliphatic carbocycles. The van der Waals surface area contributed by atoms with Gasteiger partial charge in [0.05, 0.1) is 11.1 Å². The third kappa shape index (κ3) is 2.27. The van der Waals surface area contributed by atoms with E-state index in [9.17, 15) is 0 Å². The minimum absolute atomic E-state index is 0.172. The SMILES string of the molecule is CC1OCCC1(CBr)Cc1ccncc1Cl. The largest absolute Gasteiger partial charge is 0.378 e. The summed E-state index contributed by atoms with van der Waals surface area (Å²) in [4.78, 5) is 4.01. The molecule has 2 rings (SSSR count).